The third-order valence-electron chi connectivity index (χ3n) is 3.40. The summed E-state index contributed by atoms with van der Waals surface area (Å²) in [5.41, 5.74) is 0.455. The van der Waals surface area contributed by atoms with E-state index in [0.717, 1.165) is 0 Å². The van der Waals surface area contributed by atoms with Crippen molar-refractivity contribution in [1.82, 2.24) is 0 Å². The summed E-state index contributed by atoms with van der Waals surface area (Å²) in [6, 6.07) is 15.6. The fraction of sp³-hybridized carbons (Fsp3) is 0.111. The predicted octanol–water partition coefficient (Wildman–Crippen LogP) is 2.43. The molecule has 0 aliphatic rings. The maximum atomic E-state index is 11.9. The number of hydrogen-bond acceptors (Lipinski definition) is 5. The van der Waals surface area contributed by atoms with Crippen LogP contribution in [0.3, 0.4) is 0 Å². The van der Waals surface area contributed by atoms with Gasteiger partial charge in [-0.25, -0.2) is 19.2 Å². The molecular formula is C18H16N2O7. The maximum absolute atomic E-state index is 11.9. The second-order valence-electron chi connectivity index (χ2n) is 5.25. The fourth-order valence-corrected chi connectivity index (χ4v) is 2.20. The Morgan fingerprint density at radius 1 is 0.667 bits per heavy atom. The highest BCUT2D eigenvalue weighted by Gasteiger charge is 2.24. The van der Waals surface area contributed by atoms with E-state index in [9.17, 15) is 29.4 Å². The van der Waals surface area contributed by atoms with Crippen LogP contribution >= 0.6 is 0 Å². The number of anilines is 2. The highest BCUT2D eigenvalue weighted by Crippen LogP contribution is 2.15. The zero-order chi connectivity index (χ0) is 19.8. The van der Waals surface area contributed by atoms with Gasteiger partial charge in [0.25, 0.3) is 0 Å². The molecule has 2 rings (SSSR count). The lowest BCUT2D eigenvalue weighted by molar-refractivity contribution is -0.157. The molecule has 0 bridgehead atoms. The SMILES string of the molecule is O=C(CN(C(=O)O)c1ccccc1)OC(=O)CN(C(=O)O)c1ccccc1. The normalized spacial score (nSPS) is 9.93. The molecule has 2 N–H and O–H groups in total. The van der Waals surface area contributed by atoms with E-state index in [1.807, 2.05) is 0 Å². The van der Waals surface area contributed by atoms with Gasteiger partial charge in [-0.05, 0) is 24.3 Å². The van der Waals surface area contributed by atoms with Crippen LogP contribution in [0.4, 0.5) is 21.0 Å². The molecule has 140 valence electrons. The quantitative estimate of drug-likeness (QED) is 0.589. The minimum atomic E-state index is -1.40. The van der Waals surface area contributed by atoms with Crippen molar-refractivity contribution >= 4 is 35.5 Å². The van der Waals surface area contributed by atoms with Crippen LogP contribution in [0, 0.1) is 0 Å². The van der Waals surface area contributed by atoms with Crippen LogP contribution in [0.1, 0.15) is 0 Å². The summed E-state index contributed by atoms with van der Waals surface area (Å²) in [5.74, 6) is -2.24. The van der Waals surface area contributed by atoms with Crippen molar-refractivity contribution in [2.45, 2.75) is 0 Å². The largest absolute Gasteiger partial charge is 0.465 e. The molecule has 0 aliphatic heterocycles. The van der Waals surface area contributed by atoms with E-state index in [1.165, 1.54) is 24.3 Å². The molecule has 2 amide bonds. The van der Waals surface area contributed by atoms with E-state index in [0.29, 0.717) is 9.80 Å². The molecule has 0 radical (unpaired) electrons. The lowest BCUT2D eigenvalue weighted by Crippen LogP contribution is -2.39. The number of nitrogens with zero attached hydrogens (tertiary/aromatic N) is 2. The first kappa shape index (κ1) is 19.4. The molecule has 2 aromatic carbocycles. The molecule has 2 aromatic rings. The first-order valence-corrected chi connectivity index (χ1v) is 7.73. The number of benzene rings is 2. The van der Waals surface area contributed by atoms with Gasteiger partial charge >= 0.3 is 24.1 Å². The molecule has 0 heterocycles. The van der Waals surface area contributed by atoms with Crippen LogP contribution in [0.5, 0.6) is 0 Å². The molecule has 9 heteroatoms. The van der Waals surface area contributed by atoms with Crippen LogP contribution < -0.4 is 9.80 Å². The van der Waals surface area contributed by atoms with Crippen molar-refractivity contribution in [3.8, 4) is 0 Å². The Kier molecular flexibility index (Phi) is 6.48. The summed E-state index contributed by atoms with van der Waals surface area (Å²) in [5, 5.41) is 18.4. The topological polar surface area (TPSA) is 124 Å². The standard InChI is InChI=1S/C18H16N2O7/c21-15(11-19(17(23)24)13-7-3-1-4-8-13)27-16(22)12-20(18(25)26)14-9-5-2-6-10-14/h1-10H,11-12H2,(H,23,24)(H,25,26). The first-order valence-electron chi connectivity index (χ1n) is 7.73. The Labute approximate surface area is 154 Å². The van der Waals surface area contributed by atoms with Crippen LogP contribution in [0.25, 0.3) is 0 Å². The number of carboxylic acid groups (broad SMARTS) is 2. The van der Waals surface area contributed by atoms with Gasteiger partial charge in [0, 0.05) is 11.4 Å². The summed E-state index contributed by atoms with van der Waals surface area (Å²) in [6.07, 6.45) is -2.80. The molecule has 0 fully saturated rings. The summed E-state index contributed by atoms with van der Waals surface area (Å²) in [6.45, 7) is -1.44. The van der Waals surface area contributed by atoms with Gasteiger partial charge in [0.1, 0.15) is 13.1 Å². The smallest absolute Gasteiger partial charge is 0.412 e. The van der Waals surface area contributed by atoms with E-state index in [1.54, 1.807) is 36.4 Å². The van der Waals surface area contributed by atoms with Crippen molar-refractivity contribution < 1.29 is 34.1 Å². The molecule has 0 spiro atoms. The Bertz CT molecular complexity index is 755. The Balaban J connectivity index is 2.00. The van der Waals surface area contributed by atoms with Gasteiger partial charge in [0.15, 0.2) is 0 Å². The first-order chi connectivity index (χ1) is 12.9. The number of rotatable bonds is 6. The van der Waals surface area contributed by atoms with E-state index < -0.39 is 37.2 Å². The van der Waals surface area contributed by atoms with E-state index in [-0.39, 0.29) is 11.4 Å². The van der Waals surface area contributed by atoms with Crippen molar-refractivity contribution in [3.63, 3.8) is 0 Å². The van der Waals surface area contributed by atoms with Crippen LogP contribution in [0.15, 0.2) is 60.7 Å². The van der Waals surface area contributed by atoms with Crippen LogP contribution in [0.2, 0.25) is 0 Å². The summed E-state index contributed by atoms with van der Waals surface area (Å²) >= 11 is 0. The van der Waals surface area contributed by atoms with E-state index in [4.69, 9.17) is 0 Å². The second kappa shape index (κ2) is 8.99. The van der Waals surface area contributed by atoms with Crippen LogP contribution in [-0.2, 0) is 14.3 Å². The van der Waals surface area contributed by atoms with Gasteiger partial charge in [0.2, 0.25) is 0 Å². The Morgan fingerprint density at radius 2 is 1.00 bits per heavy atom. The lowest BCUT2D eigenvalue weighted by Gasteiger charge is -2.19. The van der Waals surface area contributed by atoms with Crippen molar-refractivity contribution in [2.75, 3.05) is 22.9 Å². The van der Waals surface area contributed by atoms with Gasteiger partial charge in [-0.2, -0.15) is 0 Å². The number of carbonyl (C=O) groups excluding carboxylic acids is 2. The fourth-order valence-electron chi connectivity index (χ4n) is 2.20. The Hall–Kier alpha value is -3.88. The third-order valence-corrected chi connectivity index (χ3v) is 3.40. The van der Waals surface area contributed by atoms with Gasteiger partial charge < -0.3 is 14.9 Å². The number of hydrogen-bond donors (Lipinski definition) is 2. The number of para-hydroxylation sites is 2. The molecule has 0 saturated carbocycles. The lowest BCUT2D eigenvalue weighted by atomic mass is 10.3. The molecule has 0 aliphatic carbocycles. The number of ether oxygens (including phenoxy) is 1. The predicted molar refractivity (Wildman–Crippen MR) is 94.7 cm³/mol. The third kappa shape index (κ3) is 5.56. The maximum Gasteiger partial charge on any atom is 0.412 e. The minimum Gasteiger partial charge on any atom is -0.465 e. The zero-order valence-corrected chi connectivity index (χ0v) is 14.0. The second-order valence-corrected chi connectivity index (χ2v) is 5.25. The summed E-state index contributed by atoms with van der Waals surface area (Å²) in [7, 11) is 0. The molecule has 27 heavy (non-hydrogen) atoms. The van der Waals surface area contributed by atoms with Gasteiger partial charge in [0.05, 0.1) is 0 Å². The number of esters is 2. The highest BCUT2D eigenvalue weighted by atomic mass is 16.6. The van der Waals surface area contributed by atoms with E-state index in [2.05, 4.69) is 4.74 Å². The molecule has 0 saturated heterocycles. The minimum absolute atomic E-state index is 0.228. The van der Waals surface area contributed by atoms with Crippen molar-refractivity contribution in [3.05, 3.63) is 60.7 Å². The van der Waals surface area contributed by atoms with Crippen molar-refractivity contribution in [2.24, 2.45) is 0 Å². The number of amides is 2. The summed E-state index contributed by atoms with van der Waals surface area (Å²) < 4.78 is 4.57. The molecule has 0 atom stereocenters. The molecule has 9 nitrogen and oxygen atoms in total. The van der Waals surface area contributed by atoms with Crippen LogP contribution in [-0.4, -0.2) is 47.4 Å². The van der Waals surface area contributed by atoms with E-state index >= 15 is 0 Å². The monoisotopic (exact) mass is 372 g/mol. The average molecular weight is 372 g/mol. The van der Waals surface area contributed by atoms with Gasteiger partial charge in [-0.15, -0.1) is 0 Å². The molecule has 0 aromatic heterocycles. The highest BCUT2D eigenvalue weighted by molar-refractivity contribution is 5.98. The van der Waals surface area contributed by atoms with Gasteiger partial charge in [-0.1, -0.05) is 36.4 Å². The Morgan fingerprint density at radius 3 is 1.30 bits per heavy atom. The average Bonchev–Trinajstić information content (AvgIpc) is 2.65. The van der Waals surface area contributed by atoms with Crippen molar-refractivity contribution in [1.29, 1.82) is 0 Å². The summed E-state index contributed by atoms with van der Waals surface area (Å²) in [4.78, 5) is 47.9. The zero-order valence-electron chi connectivity index (χ0n) is 14.0. The molecule has 0 unspecified atom stereocenters. The number of carbonyl (C=O) groups is 4. The molecular weight excluding hydrogens is 356 g/mol. The van der Waals surface area contributed by atoms with Gasteiger partial charge in [-0.3, -0.25) is 9.80 Å².